The first-order valence-corrected chi connectivity index (χ1v) is 11.4. The summed E-state index contributed by atoms with van der Waals surface area (Å²) < 4.78 is 14.8. The van der Waals surface area contributed by atoms with Crippen molar-refractivity contribution in [3.05, 3.63) is 81.6 Å². The highest BCUT2D eigenvalue weighted by atomic mass is 32.1. The Balaban J connectivity index is 1.45. The van der Waals surface area contributed by atoms with Crippen LogP contribution in [0, 0.1) is 5.82 Å². The number of aryl methyl sites for hydroxylation is 1. The average molecular weight is 426 g/mol. The normalized spacial score (nSPS) is 16.0. The number of thiophene rings is 1. The second kappa shape index (κ2) is 9.69. The summed E-state index contributed by atoms with van der Waals surface area (Å²) in [5.74, 6) is -0.293. The number of aliphatic hydroxyl groups excluding tert-OH is 1. The minimum absolute atomic E-state index is 0.293. The molecule has 6 heteroatoms. The van der Waals surface area contributed by atoms with E-state index in [1.807, 2.05) is 17.4 Å². The van der Waals surface area contributed by atoms with Gasteiger partial charge in [0.15, 0.2) is 0 Å². The lowest BCUT2D eigenvalue weighted by Crippen LogP contribution is -2.46. The molecular formula is C24H28FN3OS. The third-order valence-corrected chi connectivity index (χ3v) is 6.69. The summed E-state index contributed by atoms with van der Waals surface area (Å²) in [4.78, 5) is 11.6. The van der Waals surface area contributed by atoms with Crippen LogP contribution in [0.2, 0.25) is 0 Å². The number of para-hydroxylation sites is 1. The van der Waals surface area contributed by atoms with Crippen molar-refractivity contribution in [3.8, 4) is 0 Å². The molecule has 0 bridgehead atoms. The lowest BCUT2D eigenvalue weighted by molar-refractivity contribution is 0.213. The van der Waals surface area contributed by atoms with Crippen LogP contribution in [0.3, 0.4) is 0 Å². The zero-order chi connectivity index (χ0) is 20.9. The minimum atomic E-state index is -0.946. The van der Waals surface area contributed by atoms with Crippen molar-refractivity contribution < 1.29 is 9.50 Å². The molecule has 4 nitrogen and oxygen atoms in total. The Morgan fingerprint density at radius 1 is 1.03 bits per heavy atom. The van der Waals surface area contributed by atoms with Gasteiger partial charge >= 0.3 is 0 Å². The summed E-state index contributed by atoms with van der Waals surface area (Å²) in [6, 6.07) is 14.8. The number of benzene rings is 1. The first kappa shape index (κ1) is 21.0. The molecule has 2 aromatic heterocycles. The van der Waals surface area contributed by atoms with Gasteiger partial charge < -0.3 is 10.0 Å². The standard InChI is InChI=1S/C24H28FN3OS/c1-2-6-18-10-11-19(30-18)17-27-13-15-28(16-14-27)23-20(7-5-8-21(23)25)24(29)22-9-3-4-12-26-22/h3-5,7-12,24,29H,2,6,13-17H2,1H3. The highest BCUT2D eigenvalue weighted by Crippen LogP contribution is 2.33. The second-order valence-electron chi connectivity index (χ2n) is 7.72. The molecule has 1 fully saturated rings. The van der Waals surface area contributed by atoms with Crippen LogP contribution in [0.4, 0.5) is 10.1 Å². The number of nitrogens with zero attached hydrogens (tertiary/aromatic N) is 3. The first-order valence-electron chi connectivity index (χ1n) is 10.6. The quantitative estimate of drug-likeness (QED) is 0.599. The van der Waals surface area contributed by atoms with Crippen molar-refractivity contribution in [2.45, 2.75) is 32.4 Å². The molecule has 1 atom stereocenters. The molecule has 4 rings (SSSR count). The molecule has 0 aliphatic carbocycles. The molecule has 3 heterocycles. The largest absolute Gasteiger partial charge is 0.382 e. The Hall–Kier alpha value is -2.28. The van der Waals surface area contributed by atoms with Gasteiger partial charge in [-0.25, -0.2) is 4.39 Å². The number of rotatable bonds is 7. The molecule has 3 aromatic rings. The lowest BCUT2D eigenvalue weighted by Gasteiger charge is -2.37. The summed E-state index contributed by atoms with van der Waals surface area (Å²) in [6.07, 6.45) is 3.02. The second-order valence-corrected chi connectivity index (χ2v) is 8.97. The maximum absolute atomic E-state index is 14.8. The molecule has 0 saturated carbocycles. The SMILES string of the molecule is CCCc1ccc(CN2CCN(c3c(F)cccc3C(O)c3ccccn3)CC2)s1. The van der Waals surface area contributed by atoms with E-state index in [-0.39, 0.29) is 5.82 Å². The molecule has 0 amide bonds. The number of hydrogen-bond donors (Lipinski definition) is 1. The van der Waals surface area contributed by atoms with Crippen LogP contribution < -0.4 is 4.90 Å². The Labute approximate surface area is 181 Å². The van der Waals surface area contributed by atoms with E-state index in [0.29, 0.717) is 16.9 Å². The van der Waals surface area contributed by atoms with E-state index < -0.39 is 6.10 Å². The first-order chi connectivity index (χ1) is 14.7. The van der Waals surface area contributed by atoms with E-state index in [1.165, 1.54) is 22.2 Å². The number of aliphatic hydroxyl groups is 1. The minimum Gasteiger partial charge on any atom is -0.382 e. The van der Waals surface area contributed by atoms with E-state index in [2.05, 4.69) is 33.8 Å². The van der Waals surface area contributed by atoms with Crippen LogP contribution in [0.1, 0.15) is 40.5 Å². The van der Waals surface area contributed by atoms with E-state index in [4.69, 9.17) is 0 Å². The predicted molar refractivity (Wildman–Crippen MR) is 121 cm³/mol. The average Bonchev–Trinajstić information content (AvgIpc) is 3.21. The van der Waals surface area contributed by atoms with Crippen LogP contribution in [0.5, 0.6) is 0 Å². The molecule has 158 valence electrons. The maximum Gasteiger partial charge on any atom is 0.146 e. The van der Waals surface area contributed by atoms with Gasteiger partial charge in [0.1, 0.15) is 11.9 Å². The van der Waals surface area contributed by atoms with Crippen molar-refractivity contribution in [2.24, 2.45) is 0 Å². The fourth-order valence-corrected chi connectivity index (χ4v) is 5.18. The summed E-state index contributed by atoms with van der Waals surface area (Å²) in [5, 5.41) is 10.9. The van der Waals surface area contributed by atoms with E-state index in [9.17, 15) is 9.50 Å². The number of pyridine rings is 1. The highest BCUT2D eigenvalue weighted by Gasteiger charge is 2.25. The molecule has 1 unspecified atom stereocenters. The monoisotopic (exact) mass is 425 g/mol. The summed E-state index contributed by atoms with van der Waals surface area (Å²) in [6.45, 7) is 6.36. The van der Waals surface area contributed by atoms with Gasteiger partial charge in [-0.15, -0.1) is 11.3 Å². The number of anilines is 1. The van der Waals surface area contributed by atoms with Gasteiger partial charge in [-0.05, 0) is 36.8 Å². The fraction of sp³-hybridized carbons (Fsp3) is 0.375. The van der Waals surface area contributed by atoms with Crippen molar-refractivity contribution >= 4 is 17.0 Å². The van der Waals surface area contributed by atoms with Crippen molar-refractivity contribution in [1.29, 1.82) is 0 Å². The maximum atomic E-state index is 14.8. The van der Waals surface area contributed by atoms with Crippen LogP contribution in [-0.4, -0.2) is 41.2 Å². The number of piperazine rings is 1. The topological polar surface area (TPSA) is 39.6 Å². The number of aromatic nitrogens is 1. The fourth-order valence-electron chi connectivity index (χ4n) is 4.02. The van der Waals surface area contributed by atoms with Crippen molar-refractivity contribution in [2.75, 3.05) is 31.1 Å². The van der Waals surface area contributed by atoms with Gasteiger partial charge in [0, 0.05) is 54.2 Å². The van der Waals surface area contributed by atoms with E-state index >= 15 is 0 Å². The third-order valence-electron chi connectivity index (χ3n) is 5.56. The Kier molecular flexibility index (Phi) is 6.77. The third kappa shape index (κ3) is 4.72. The van der Waals surface area contributed by atoms with Gasteiger partial charge in [0.2, 0.25) is 0 Å². The molecular weight excluding hydrogens is 397 g/mol. The van der Waals surface area contributed by atoms with Crippen LogP contribution in [-0.2, 0) is 13.0 Å². The molecule has 30 heavy (non-hydrogen) atoms. The van der Waals surface area contributed by atoms with Gasteiger partial charge in [-0.3, -0.25) is 9.88 Å². The van der Waals surface area contributed by atoms with Crippen LogP contribution in [0.25, 0.3) is 0 Å². The van der Waals surface area contributed by atoms with E-state index in [1.54, 1.807) is 30.5 Å². The summed E-state index contributed by atoms with van der Waals surface area (Å²) in [7, 11) is 0. The molecule has 1 aliphatic heterocycles. The zero-order valence-corrected chi connectivity index (χ0v) is 18.1. The molecule has 1 aromatic carbocycles. The zero-order valence-electron chi connectivity index (χ0n) is 17.3. The van der Waals surface area contributed by atoms with E-state index in [0.717, 1.165) is 39.1 Å². The number of halogens is 1. The van der Waals surface area contributed by atoms with Crippen molar-refractivity contribution in [1.82, 2.24) is 9.88 Å². The molecule has 1 saturated heterocycles. The van der Waals surface area contributed by atoms with Crippen LogP contribution >= 0.6 is 11.3 Å². The Bertz CT molecular complexity index is 954. The van der Waals surface area contributed by atoms with Gasteiger partial charge in [-0.2, -0.15) is 0 Å². The molecule has 1 N–H and O–H groups in total. The highest BCUT2D eigenvalue weighted by molar-refractivity contribution is 7.11. The summed E-state index contributed by atoms with van der Waals surface area (Å²) in [5.41, 5.74) is 1.60. The molecule has 1 aliphatic rings. The van der Waals surface area contributed by atoms with Gasteiger partial charge in [0.05, 0.1) is 11.4 Å². The van der Waals surface area contributed by atoms with Gasteiger partial charge in [0.25, 0.3) is 0 Å². The molecule has 0 spiro atoms. The van der Waals surface area contributed by atoms with Crippen LogP contribution in [0.15, 0.2) is 54.7 Å². The smallest absolute Gasteiger partial charge is 0.146 e. The number of hydrogen-bond acceptors (Lipinski definition) is 5. The summed E-state index contributed by atoms with van der Waals surface area (Å²) >= 11 is 1.90. The molecule has 0 radical (unpaired) electrons. The Morgan fingerprint density at radius 3 is 2.57 bits per heavy atom. The lowest BCUT2D eigenvalue weighted by atomic mass is 10.0. The van der Waals surface area contributed by atoms with Crippen molar-refractivity contribution in [3.63, 3.8) is 0 Å². The Morgan fingerprint density at radius 2 is 1.83 bits per heavy atom. The van der Waals surface area contributed by atoms with Gasteiger partial charge in [-0.1, -0.05) is 31.5 Å². The predicted octanol–water partition coefficient (Wildman–Crippen LogP) is 4.64.